The molecule has 1 fully saturated rings. The minimum absolute atomic E-state index is 0.0143. The molecule has 1 aliphatic rings. The number of aliphatic carboxylic acids is 1. The number of rotatable bonds is 7. The Morgan fingerprint density at radius 3 is 2.68 bits per heavy atom. The van der Waals surface area contributed by atoms with E-state index in [1.807, 2.05) is 4.57 Å². The van der Waals surface area contributed by atoms with Crippen molar-refractivity contribution in [3.8, 4) is 0 Å². The number of nitrogens with zero attached hydrogens (tertiary/aromatic N) is 4. The summed E-state index contributed by atoms with van der Waals surface area (Å²) in [6.07, 6.45) is 2.41. The predicted octanol–water partition coefficient (Wildman–Crippen LogP) is 2.02. The Kier molecular flexibility index (Phi) is 4.34. The van der Waals surface area contributed by atoms with Gasteiger partial charge in [-0.25, -0.2) is 0 Å². The zero-order chi connectivity index (χ0) is 14.0. The molecule has 1 saturated carbocycles. The zero-order valence-electron chi connectivity index (χ0n) is 11.5. The van der Waals surface area contributed by atoms with E-state index in [1.165, 1.54) is 24.6 Å². The zero-order valence-corrected chi connectivity index (χ0v) is 12.4. The minimum atomic E-state index is -0.834. The van der Waals surface area contributed by atoms with Crippen LogP contribution in [0, 0.1) is 0 Å². The highest BCUT2D eigenvalue weighted by atomic mass is 32.2. The van der Waals surface area contributed by atoms with E-state index in [-0.39, 0.29) is 11.8 Å². The first-order valence-electron chi connectivity index (χ1n) is 6.60. The largest absolute Gasteiger partial charge is 0.481 e. The van der Waals surface area contributed by atoms with Crippen molar-refractivity contribution in [2.45, 2.75) is 50.9 Å². The molecular formula is C12H20N4O2S. The topological polar surface area (TPSA) is 71.2 Å². The molecule has 2 rings (SSSR count). The molecule has 1 aromatic heterocycles. The van der Waals surface area contributed by atoms with Gasteiger partial charge >= 0.3 is 5.97 Å². The van der Waals surface area contributed by atoms with Crippen LogP contribution in [0.1, 0.15) is 39.7 Å². The predicted molar refractivity (Wildman–Crippen MR) is 74.8 cm³/mol. The number of carbonyl (C=O) groups is 1. The maximum Gasteiger partial charge on any atom is 0.313 e. The summed E-state index contributed by atoms with van der Waals surface area (Å²) in [6.45, 7) is 7.15. The molecule has 19 heavy (non-hydrogen) atoms. The fourth-order valence-corrected chi connectivity index (χ4v) is 2.87. The molecule has 106 valence electrons. The van der Waals surface area contributed by atoms with Crippen molar-refractivity contribution >= 4 is 23.7 Å². The lowest BCUT2D eigenvalue weighted by atomic mass is 10.4. The fraction of sp³-hybridized carbons (Fsp3) is 0.750. The first-order valence-corrected chi connectivity index (χ1v) is 7.59. The Bertz CT molecular complexity index is 457. The van der Waals surface area contributed by atoms with E-state index in [0.717, 1.165) is 12.5 Å². The second-order valence-electron chi connectivity index (χ2n) is 4.95. The first-order chi connectivity index (χ1) is 9.04. The van der Waals surface area contributed by atoms with Crippen molar-refractivity contribution in [1.82, 2.24) is 14.8 Å². The Morgan fingerprint density at radius 2 is 2.21 bits per heavy atom. The second-order valence-corrected chi connectivity index (χ2v) is 5.89. The molecule has 0 atom stereocenters. The van der Waals surface area contributed by atoms with Crippen LogP contribution in [0.25, 0.3) is 0 Å². The Hall–Kier alpha value is -1.24. The van der Waals surface area contributed by atoms with Crippen molar-refractivity contribution in [1.29, 1.82) is 0 Å². The van der Waals surface area contributed by atoms with Gasteiger partial charge in [0.1, 0.15) is 0 Å². The molecule has 7 heteroatoms. The van der Waals surface area contributed by atoms with E-state index in [1.54, 1.807) is 0 Å². The van der Waals surface area contributed by atoms with Gasteiger partial charge in [-0.15, -0.1) is 10.2 Å². The van der Waals surface area contributed by atoms with Crippen LogP contribution in [0.2, 0.25) is 0 Å². The molecule has 0 spiro atoms. The van der Waals surface area contributed by atoms with Crippen LogP contribution >= 0.6 is 11.8 Å². The number of hydrogen-bond acceptors (Lipinski definition) is 5. The third-order valence-electron chi connectivity index (χ3n) is 3.07. The molecule has 1 aliphatic carbocycles. The SMILES string of the molecule is CCN(c1nnc(SCC(=O)O)n1C(C)C)C1CC1. The van der Waals surface area contributed by atoms with Crippen LogP contribution in [0.15, 0.2) is 5.16 Å². The van der Waals surface area contributed by atoms with E-state index in [4.69, 9.17) is 5.11 Å². The van der Waals surface area contributed by atoms with Crippen molar-refractivity contribution in [2.75, 3.05) is 17.2 Å². The third-order valence-corrected chi connectivity index (χ3v) is 4.00. The molecule has 1 N–H and O–H groups in total. The van der Waals surface area contributed by atoms with Crippen LogP contribution in [0.5, 0.6) is 0 Å². The van der Waals surface area contributed by atoms with E-state index >= 15 is 0 Å². The standard InChI is InChI=1S/C12H20N4O2S/c1-4-15(9-5-6-9)11-13-14-12(16(11)8(2)3)19-7-10(17)18/h8-9H,4-7H2,1-3H3,(H,17,18). The Balaban J connectivity index is 2.25. The quantitative estimate of drug-likeness (QED) is 0.772. The Morgan fingerprint density at radius 1 is 1.53 bits per heavy atom. The smallest absolute Gasteiger partial charge is 0.313 e. The van der Waals surface area contributed by atoms with E-state index in [9.17, 15) is 4.79 Å². The van der Waals surface area contributed by atoms with E-state index in [2.05, 4.69) is 35.9 Å². The number of anilines is 1. The highest BCUT2D eigenvalue weighted by Crippen LogP contribution is 2.33. The highest BCUT2D eigenvalue weighted by Gasteiger charge is 2.32. The van der Waals surface area contributed by atoms with Crippen molar-refractivity contribution in [3.63, 3.8) is 0 Å². The van der Waals surface area contributed by atoms with E-state index in [0.29, 0.717) is 11.2 Å². The van der Waals surface area contributed by atoms with Gasteiger partial charge in [0.25, 0.3) is 0 Å². The molecule has 0 aromatic carbocycles. The van der Waals surface area contributed by atoms with Gasteiger partial charge in [0.05, 0.1) is 5.75 Å². The molecule has 0 unspecified atom stereocenters. The summed E-state index contributed by atoms with van der Waals surface area (Å²) in [5.41, 5.74) is 0. The van der Waals surface area contributed by atoms with Gasteiger partial charge in [0, 0.05) is 18.6 Å². The van der Waals surface area contributed by atoms with Gasteiger partial charge in [0.2, 0.25) is 5.95 Å². The van der Waals surface area contributed by atoms with Gasteiger partial charge in [-0.2, -0.15) is 0 Å². The number of thioether (sulfide) groups is 1. The summed E-state index contributed by atoms with van der Waals surface area (Å²) >= 11 is 1.23. The molecule has 0 saturated heterocycles. The van der Waals surface area contributed by atoms with Crippen LogP contribution < -0.4 is 4.90 Å². The van der Waals surface area contributed by atoms with Gasteiger partial charge < -0.3 is 10.0 Å². The molecule has 0 aliphatic heterocycles. The van der Waals surface area contributed by atoms with Crippen molar-refractivity contribution in [3.05, 3.63) is 0 Å². The molecule has 0 radical (unpaired) electrons. The average Bonchev–Trinajstić information content (AvgIpc) is 3.07. The molecule has 1 aromatic rings. The van der Waals surface area contributed by atoms with Crippen LogP contribution in [-0.2, 0) is 4.79 Å². The van der Waals surface area contributed by atoms with Gasteiger partial charge in [0.15, 0.2) is 5.16 Å². The van der Waals surface area contributed by atoms with E-state index < -0.39 is 5.97 Å². The summed E-state index contributed by atoms with van der Waals surface area (Å²) in [4.78, 5) is 12.9. The molecule has 1 heterocycles. The molecule has 0 amide bonds. The Labute approximate surface area is 117 Å². The summed E-state index contributed by atoms with van der Waals surface area (Å²) in [5, 5.41) is 17.9. The normalized spacial score (nSPS) is 14.9. The number of carboxylic acid groups (broad SMARTS) is 1. The maximum atomic E-state index is 10.7. The van der Waals surface area contributed by atoms with Gasteiger partial charge in [-0.3, -0.25) is 9.36 Å². The second kappa shape index (κ2) is 5.81. The highest BCUT2D eigenvalue weighted by molar-refractivity contribution is 7.99. The van der Waals surface area contributed by atoms with Crippen molar-refractivity contribution in [2.24, 2.45) is 0 Å². The van der Waals surface area contributed by atoms with Gasteiger partial charge in [-0.05, 0) is 33.6 Å². The monoisotopic (exact) mass is 284 g/mol. The lowest BCUT2D eigenvalue weighted by Crippen LogP contribution is -2.29. The summed E-state index contributed by atoms with van der Waals surface area (Å²) in [5.74, 6) is 0.0488. The lowest BCUT2D eigenvalue weighted by molar-refractivity contribution is -0.133. The molecule has 6 nitrogen and oxygen atoms in total. The summed E-state index contributed by atoms with van der Waals surface area (Å²) < 4.78 is 2.04. The molecular weight excluding hydrogens is 264 g/mol. The number of hydrogen-bond donors (Lipinski definition) is 1. The molecule has 0 bridgehead atoms. The summed E-state index contributed by atoms with van der Waals surface area (Å²) in [7, 11) is 0. The lowest BCUT2D eigenvalue weighted by Gasteiger charge is -2.24. The fourth-order valence-electron chi connectivity index (χ4n) is 2.09. The number of carboxylic acids is 1. The first kappa shape index (κ1) is 14.2. The summed E-state index contributed by atoms with van der Waals surface area (Å²) in [6, 6.07) is 0.790. The van der Waals surface area contributed by atoms with Gasteiger partial charge in [-0.1, -0.05) is 11.8 Å². The van der Waals surface area contributed by atoms with Crippen LogP contribution in [-0.4, -0.2) is 44.2 Å². The maximum absolute atomic E-state index is 10.7. The number of aromatic nitrogens is 3. The van der Waals surface area contributed by atoms with Crippen molar-refractivity contribution < 1.29 is 9.90 Å². The van der Waals surface area contributed by atoms with Crippen LogP contribution in [0.3, 0.4) is 0 Å². The van der Waals surface area contributed by atoms with Crippen LogP contribution in [0.4, 0.5) is 5.95 Å². The average molecular weight is 284 g/mol. The third kappa shape index (κ3) is 3.20. The minimum Gasteiger partial charge on any atom is -0.481 e.